The first-order chi connectivity index (χ1) is 17.8. The number of para-hydroxylation sites is 1. The molecule has 2 saturated heterocycles. The lowest BCUT2D eigenvalue weighted by Gasteiger charge is -2.34. The van der Waals surface area contributed by atoms with Gasteiger partial charge in [-0.05, 0) is 73.8 Å². The molecule has 0 N–H and O–H groups in total. The molecule has 3 aromatic rings. The summed E-state index contributed by atoms with van der Waals surface area (Å²) in [5.41, 5.74) is 1.33. The first kappa shape index (κ1) is 26.6. The van der Waals surface area contributed by atoms with E-state index in [2.05, 4.69) is 13.8 Å². The molecule has 0 aliphatic carbocycles. The number of piperidine rings is 1. The highest BCUT2D eigenvalue weighted by Crippen LogP contribution is 2.35. The number of ether oxygens (including phenoxy) is 1. The minimum absolute atomic E-state index is 0.0429. The van der Waals surface area contributed by atoms with Crippen LogP contribution in [-0.4, -0.2) is 62.2 Å². The van der Waals surface area contributed by atoms with Crippen molar-refractivity contribution >= 4 is 54.4 Å². The second kappa shape index (κ2) is 11.0. The van der Waals surface area contributed by atoms with Gasteiger partial charge in [-0.1, -0.05) is 31.3 Å². The van der Waals surface area contributed by atoms with Crippen LogP contribution in [0.4, 0.5) is 5.13 Å². The fraction of sp³-hybridized carbons (Fsp3) is 0.481. The van der Waals surface area contributed by atoms with Gasteiger partial charge in [-0.2, -0.15) is 4.31 Å². The average molecular weight is 560 g/mol. The molecule has 37 heavy (non-hydrogen) atoms. The molecule has 3 heterocycles. The van der Waals surface area contributed by atoms with Gasteiger partial charge in [0.1, 0.15) is 0 Å². The van der Waals surface area contributed by atoms with Crippen LogP contribution in [0.3, 0.4) is 0 Å². The Morgan fingerprint density at radius 1 is 1.16 bits per heavy atom. The smallest absolute Gasteiger partial charge is 0.260 e. The van der Waals surface area contributed by atoms with Crippen molar-refractivity contribution < 1.29 is 17.9 Å². The van der Waals surface area contributed by atoms with Crippen LogP contribution in [0.15, 0.2) is 52.3 Å². The van der Waals surface area contributed by atoms with Crippen molar-refractivity contribution in [3.63, 3.8) is 0 Å². The van der Waals surface area contributed by atoms with Gasteiger partial charge in [-0.25, -0.2) is 13.4 Å². The normalized spacial score (nSPS) is 22.9. The zero-order valence-corrected chi connectivity index (χ0v) is 23.9. The lowest BCUT2D eigenvalue weighted by Crippen LogP contribution is -2.42. The lowest BCUT2D eigenvalue weighted by atomic mass is 9.94. The summed E-state index contributed by atoms with van der Waals surface area (Å²) < 4.78 is 35.1. The molecule has 2 aliphatic heterocycles. The maximum Gasteiger partial charge on any atom is 0.260 e. The Morgan fingerprint density at radius 2 is 1.89 bits per heavy atom. The third-order valence-electron chi connectivity index (χ3n) is 7.05. The number of hydrogen-bond donors (Lipinski definition) is 0. The van der Waals surface area contributed by atoms with Crippen LogP contribution in [0, 0.1) is 11.8 Å². The van der Waals surface area contributed by atoms with Crippen LogP contribution in [0.5, 0.6) is 0 Å². The third kappa shape index (κ3) is 5.59. The molecule has 2 aromatic carbocycles. The highest BCUT2D eigenvalue weighted by molar-refractivity contribution is 7.98. The predicted molar refractivity (Wildman–Crippen MR) is 150 cm³/mol. The van der Waals surface area contributed by atoms with E-state index < -0.39 is 10.0 Å². The number of carbonyl (C=O) groups excluding carboxylic acids is 1. The number of fused-ring (bicyclic) bond motifs is 1. The topological polar surface area (TPSA) is 79.8 Å². The van der Waals surface area contributed by atoms with Gasteiger partial charge in [0.25, 0.3) is 5.91 Å². The van der Waals surface area contributed by atoms with E-state index in [1.54, 1.807) is 45.2 Å². The molecule has 1 amide bonds. The zero-order chi connectivity index (χ0) is 26.2. The summed E-state index contributed by atoms with van der Waals surface area (Å²) in [7, 11) is -3.61. The van der Waals surface area contributed by atoms with Crippen LogP contribution in [-0.2, 0) is 14.8 Å². The van der Waals surface area contributed by atoms with E-state index in [0.29, 0.717) is 48.8 Å². The minimum atomic E-state index is -3.61. The molecule has 0 bridgehead atoms. The SMILES string of the molecule is CSc1cccc2sc(N(CC3CCCO3)C(=O)c3ccc(S(=O)(=O)N4CC(C)CC(C)C4)cc3)nc12. The second-order valence-corrected chi connectivity index (χ2v) is 13.9. The van der Waals surface area contributed by atoms with Gasteiger partial charge < -0.3 is 4.74 Å². The minimum Gasteiger partial charge on any atom is -0.376 e. The number of aromatic nitrogens is 1. The second-order valence-electron chi connectivity index (χ2n) is 10.1. The Morgan fingerprint density at radius 3 is 2.54 bits per heavy atom. The van der Waals surface area contributed by atoms with Gasteiger partial charge in [-0.3, -0.25) is 9.69 Å². The fourth-order valence-electron chi connectivity index (χ4n) is 5.31. The maximum atomic E-state index is 13.8. The van der Waals surface area contributed by atoms with E-state index in [9.17, 15) is 13.2 Å². The first-order valence-corrected chi connectivity index (χ1v) is 16.2. The van der Waals surface area contributed by atoms with Gasteiger partial charge in [0.2, 0.25) is 10.0 Å². The molecule has 0 spiro atoms. The van der Waals surface area contributed by atoms with Crippen molar-refractivity contribution in [1.82, 2.24) is 9.29 Å². The molecule has 198 valence electrons. The summed E-state index contributed by atoms with van der Waals surface area (Å²) >= 11 is 3.12. The summed E-state index contributed by atoms with van der Waals surface area (Å²) in [5.74, 6) is 0.446. The average Bonchev–Trinajstić information content (AvgIpc) is 3.56. The zero-order valence-electron chi connectivity index (χ0n) is 21.4. The Kier molecular flexibility index (Phi) is 7.93. The van der Waals surface area contributed by atoms with Gasteiger partial charge in [0.05, 0.1) is 27.8 Å². The number of hydrogen-bond acceptors (Lipinski definition) is 7. The van der Waals surface area contributed by atoms with Crippen LogP contribution < -0.4 is 4.90 Å². The maximum absolute atomic E-state index is 13.8. The third-order valence-corrected chi connectivity index (χ3v) is 10.7. The molecule has 0 saturated carbocycles. The molecule has 5 rings (SSSR count). The van der Waals surface area contributed by atoms with Crippen molar-refractivity contribution in [1.29, 1.82) is 0 Å². The van der Waals surface area contributed by atoms with Crippen LogP contribution in [0.25, 0.3) is 10.2 Å². The monoisotopic (exact) mass is 559 g/mol. The largest absolute Gasteiger partial charge is 0.376 e. The highest BCUT2D eigenvalue weighted by atomic mass is 32.2. The summed E-state index contributed by atoms with van der Waals surface area (Å²) in [6.07, 6.45) is 4.88. The first-order valence-electron chi connectivity index (χ1n) is 12.7. The van der Waals surface area contributed by atoms with Gasteiger partial charge in [-0.15, -0.1) is 11.8 Å². The molecule has 10 heteroatoms. The molecule has 2 aliphatic rings. The predicted octanol–water partition coefficient (Wildman–Crippen LogP) is 5.51. The molecular formula is C27H33N3O4S3. The number of carbonyl (C=O) groups is 1. The Labute approximate surface area is 227 Å². The summed E-state index contributed by atoms with van der Waals surface area (Å²) in [5, 5.41) is 0.630. The number of thioether (sulfide) groups is 1. The lowest BCUT2D eigenvalue weighted by molar-refractivity contribution is 0.0917. The number of benzene rings is 2. The van der Waals surface area contributed by atoms with Crippen LogP contribution in [0.1, 0.15) is 43.5 Å². The van der Waals surface area contributed by atoms with Crippen molar-refractivity contribution in [2.24, 2.45) is 11.8 Å². The molecule has 1 aromatic heterocycles. The van der Waals surface area contributed by atoms with Crippen molar-refractivity contribution in [2.45, 2.75) is 49.0 Å². The van der Waals surface area contributed by atoms with Crippen LogP contribution in [0.2, 0.25) is 0 Å². The van der Waals surface area contributed by atoms with Crippen molar-refractivity contribution in [3.05, 3.63) is 48.0 Å². The summed E-state index contributed by atoms with van der Waals surface area (Å²) in [6, 6.07) is 12.4. The molecule has 3 unspecified atom stereocenters. The van der Waals surface area contributed by atoms with Crippen molar-refractivity contribution in [2.75, 3.05) is 37.4 Å². The Hall–Kier alpha value is -1.98. The number of amides is 1. The van der Waals surface area contributed by atoms with Crippen LogP contribution >= 0.6 is 23.1 Å². The highest BCUT2D eigenvalue weighted by Gasteiger charge is 2.32. The van der Waals surface area contributed by atoms with E-state index in [0.717, 1.165) is 34.4 Å². The number of thiazole rings is 1. The molecule has 7 nitrogen and oxygen atoms in total. The van der Waals surface area contributed by atoms with E-state index in [-0.39, 0.29) is 16.9 Å². The molecular weight excluding hydrogens is 527 g/mol. The van der Waals surface area contributed by atoms with Gasteiger partial charge in [0.15, 0.2) is 5.13 Å². The molecule has 3 atom stereocenters. The van der Waals surface area contributed by atoms with Gasteiger partial charge >= 0.3 is 0 Å². The van der Waals surface area contributed by atoms with Crippen molar-refractivity contribution in [3.8, 4) is 0 Å². The number of rotatable bonds is 7. The quantitative estimate of drug-likeness (QED) is 0.355. The number of sulfonamides is 1. The van der Waals surface area contributed by atoms with E-state index in [4.69, 9.17) is 9.72 Å². The summed E-state index contributed by atoms with van der Waals surface area (Å²) in [6.45, 7) is 6.34. The van der Waals surface area contributed by atoms with E-state index in [1.807, 2.05) is 24.5 Å². The van der Waals surface area contributed by atoms with E-state index in [1.165, 1.54) is 11.3 Å². The van der Waals surface area contributed by atoms with Gasteiger partial charge in [0, 0.05) is 30.2 Å². The Bertz CT molecular complexity index is 1360. The Balaban J connectivity index is 1.43. The molecule has 0 radical (unpaired) electrons. The summed E-state index contributed by atoms with van der Waals surface area (Å²) in [4.78, 5) is 21.6. The number of nitrogens with zero attached hydrogens (tertiary/aromatic N) is 3. The van der Waals surface area contributed by atoms with E-state index >= 15 is 0 Å². The molecule has 2 fully saturated rings. The fourth-order valence-corrected chi connectivity index (χ4v) is 8.62. The standard InChI is InChI=1S/C27H33N3O4S3/c1-18-14-19(2)16-29(15-18)37(32,33)22-11-9-20(10-12-22)26(31)30(17-21-6-5-13-34-21)27-28-25-23(35-3)7-4-8-24(25)36-27/h4,7-12,18-19,21H,5-6,13-17H2,1-3H3. The number of anilines is 1.